The van der Waals surface area contributed by atoms with E-state index in [1.165, 1.54) is 11.2 Å². The number of carbonyl (C=O) groups excluding carboxylic acids is 2. The van der Waals surface area contributed by atoms with E-state index in [1.54, 1.807) is 43.4 Å². The summed E-state index contributed by atoms with van der Waals surface area (Å²) in [6.07, 6.45) is 2.14. The molecule has 116 valence electrons. The number of rotatable bonds is 6. The Morgan fingerprint density at radius 2 is 2.00 bits per heavy atom. The first-order valence-electron chi connectivity index (χ1n) is 7.04. The lowest BCUT2D eigenvalue weighted by atomic mass is 10.1. The van der Waals surface area contributed by atoms with Crippen molar-refractivity contribution in [1.82, 2.24) is 5.32 Å². The third-order valence-electron chi connectivity index (χ3n) is 3.21. The van der Waals surface area contributed by atoms with Crippen molar-refractivity contribution >= 4 is 17.5 Å². The zero-order chi connectivity index (χ0) is 15.9. The fourth-order valence-electron chi connectivity index (χ4n) is 2.03. The summed E-state index contributed by atoms with van der Waals surface area (Å²) in [5.41, 5.74) is 6.37. The standard InChI is InChI=1S/C16H19N3O3/c1-19(16(21)14-8-4-11-22-14)13-7-3-2-6-12(13)15(20)18-10-5-9-17/h2-4,6-8,11H,5,9-10,17H2,1H3,(H,18,20). The zero-order valence-corrected chi connectivity index (χ0v) is 12.4. The number of nitrogens with one attached hydrogen (secondary N) is 1. The quantitative estimate of drug-likeness (QED) is 0.794. The molecule has 0 bridgehead atoms. The summed E-state index contributed by atoms with van der Waals surface area (Å²) < 4.78 is 5.11. The van der Waals surface area contributed by atoms with Gasteiger partial charge in [0.15, 0.2) is 5.76 Å². The summed E-state index contributed by atoms with van der Waals surface area (Å²) in [6, 6.07) is 10.2. The fraction of sp³-hybridized carbons (Fsp3) is 0.250. The molecule has 1 aromatic carbocycles. The van der Waals surface area contributed by atoms with Gasteiger partial charge in [0.2, 0.25) is 0 Å². The first-order valence-corrected chi connectivity index (χ1v) is 7.04. The molecule has 0 aliphatic rings. The minimum atomic E-state index is -0.313. The van der Waals surface area contributed by atoms with E-state index in [9.17, 15) is 9.59 Å². The number of furan rings is 1. The molecule has 2 rings (SSSR count). The van der Waals surface area contributed by atoms with Crippen LogP contribution in [0.2, 0.25) is 0 Å². The molecule has 0 saturated carbocycles. The Hall–Kier alpha value is -2.60. The summed E-state index contributed by atoms with van der Waals surface area (Å²) in [6.45, 7) is 1.01. The maximum atomic E-state index is 12.3. The van der Waals surface area contributed by atoms with Gasteiger partial charge in [-0.3, -0.25) is 9.59 Å². The molecule has 0 aliphatic heterocycles. The van der Waals surface area contributed by atoms with Gasteiger partial charge in [-0.1, -0.05) is 12.1 Å². The molecule has 6 nitrogen and oxygen atoms in total. The molecule has 3 N–H and O–H groups in total. The third-order valence-corrected chi connectivity index (χ3v) is 3.21. The molecule has 0 radical (unpaired) electrons. The maximum absolute atomic E-state index is 12.3. The average Bonchev–Trinajstić information content (AvgIpc) is 3.08. The van der Waals surface area contributed by atoms with E-state index in [1.807, 2.05) is 0 Å². The van der Waals surface area contributed by atoms with E-state index in [0.717, 1.165) is 0 Å². The predicted octanol–water partition coefficient (Wildman–Crippen LogP) is 1.63. The maximum Gasteiger partial charge on any atom is 0.293 e. The Labute approximate surface area is 128 Å². The van der Waals surface area contributed by atoms with Crippen LogP contribution in [0.4, 0.5) is 5.69 Å². The van der Waals surface area contributed by atoms with E-state index in [-0.39, 0.29) is 17.6 Å². The summed E-state index contributed by atoms with van der Waals surface area (Å²) in [7, 11) is 1.61. The topological polar surface area (TPSA) is 88.6 Å². The van der Waals surface area contributed by atoms with Crippen molar-refractivity contribution < 1.29 is 14.0 Å². The van der Waals surface area contributed by atoms with Crippen LogP contribution < -0.4 is 16.0 Å². The summed E-state index contributed by atoms with van der Waals surface area (Å²) >= 11 is 0. The number of anilines is 1. The second kappa shape index (κ2) is 7.42. The first kappa shape index (κ1) is 15.8. The summed E-state index contributed by atoms with van der Waals surface area (Å²) in [5, 5.41) is 2.79. The van der Waals surface area contributed by atoms with Crippen LogP contribution in [0.5, 0.6) is 0 Å². The van der Waals surface area contributed by atoms with Crippen LogP contribution in [-0.4, -0.2) is 32.0 Å². The molecule has 1 aromatic heterocycles. The number of para-hydroxylation sites is 1. The second-order valence-electron chi connectivity index (χ2n) is 4.76. The van der Waals surface area contributed by atoms with Gasteiger partial charge in [-0.25, -0.2) is 0 Å². The van der Waals surface area contributed by atoms with E-state index in [4.69, 9.17) is 10.2 Å². The number of nitrogens with zero attached hydrogens (tertiary/aromatic N) is 1. The molecule has 6 heteroatoms. The monoisotopic (exact) mass is 301 g/mol. The van der Waals surface area contributed by atoms with Crippen molar-refractivity contribution in [1.29, 1.82) is 0 Å². The van der Waals surface area contributed by atoms with Crippen molar-refractivity contribution in [3.8, 4) is 0 Å². The van der Waals surface area contributed by atoms with Crippen LogP contribution in [0, 0.1) is 0 Å². The summed E-state index contributed by atoms with van der Waals surface area (Å²) in [4.78, 5) is 26.0. The van der Waals surface area contributed by atoms with E-state index in [2.05, 4.69) is 5.32 Å². The van der Waals surface area contributed by atoms with Crippen molar-refractivity contribution in [2.24, 2.45) is 5.73 Å². The number of hydrogen-bond donors (Lipinski definition) is 2. The Balaban J connectivity index is 2.20. The molecule has 0 atom stereocenters. The minimum absolute atomic E-state index is 0.223. The van der Waals surface area contributed by atoms with Crippen LogP contribution in [0.15, 0.2) is 47.1 Å². The van der Waals surface area contributed by atoms with Gasteiger partial charge in [0.05, 0.1) is 17.5 Å². The number of carbonyl (C=O) groups is 2. The molecule has 2 aromatic rings. The molecular weight excluding hydrogens is 282 g/mol. The molecular formula is C16H19N3O3. The molecule has 0 aliphatic carbocycles. The van der Waals surface area contributed by atoms with E-state index >= 15 is 0 Å². The highest BCUT2D eigenvalue weighted by molar-refractivity contribution is 6.09. The molecule has 0 spiro atoms. The Bertz CT molecular complexity index is 638. The van der Waals surface area contributed by atoms with Crippen molar-refractivity contribution in [3.63, 3.8) is 0 Å². The van der Waals surface area contributed by atoms with Crippen LogP contribution in [0.25, 0.3) is 0 Å². The highest BCUT2D eigenvalue weighted by Crippen LogP contribution is 2.21. The van der Waals surface area contributed by atoms with E-state index < -0.39 is 0 Å². The Morgan fingerprint density at radius 3 is 2.68 bits per heavy atom. The SMILES string of the molecule is CN(C(=O)c1ccco1)c1ccccc1C(=O)NCCCN. The highest BCUT2D eigenvalue weighted by atomic mass is 16.3. The predicted molar refractivity (Wildman–Crippen MR) is 83.9 cm³/mol. The van der Waals surface area contributed by atoms with Crippen molar-refractivity contribution in [2.45, 2.75) is 6.42 Å². The lowest BCUT2D eigenvalue weighted by Crippen LogP contribution is -2.31. The van der Waals surface area contributed by atoms with Gasteiger partial charge in [-0.2, -0.15) is 0 Å². The highest BCUT2D eigenvalue weighted by Gasteiger charge is 2.20. The molecule has 2 amide bonds. The Kier molecular flexibility index (Phi) is 5.32. The normalized spacial score (nSPS) is 10.3. The molecule has 0 saturated heterocycles. The molecule has 0 fully saturated rings. The molecule has 22 heavy (non-hydrogen) atoms. The largest absolute Gasteiger partial charge is 0.459 e. The van der Waals surface area contributed by atoms with Gasteiger partial charge in [0, 0.05) is 13.6 Å². The minimum Gasteiger partial charge on any atom is -0.459 e. The third kappa shape index (κ3) is 3.53. The molecule has 0 unspecified atom stereocenters. The van der Waals surface area contributed by atoms with Gasteiger partial charge >= 0.3 is 0 Å². The van der Waals surface area contributed by atoms with Gasteiger partial charge in [-0.15, -0.1) is 0 Å². The van der Waals surface area contributed by atoms with Gasteiger partial charge < -0.3 is 20.4 Å². The number of hydrogen-bond acceptors (Lipinski definition) is 4. The van der Waals surface area contributed by atoms with Gasteiger partial charge in [0.1, 0.15) is 0 Å². The Morgan fingerprint density at radius 1 is 1.23 bits per heavy atom. The van der Waals surface area contributed by atoms with Crippen molar-refractivity contribution in [3.05, 3.63) is 54.0 Å². The van der Waals surface area contributed by atoms with Crippen LogP contribution in [-0.2, 0) is 0 Å². The van der Waals surface area contributed by atoms with Crippen molar-refractivity contribution in [2.75, 3.05) is 25.0 Å². The second-order valence-corrected chi connectivity index (χ2v) is 4.76. The number of nitrogens with two attached hydrogens (primary N) is 1. The number of amides is 2. The average molecular weight is 301 g/mol. The van der Waals surface area contributed by atoms with E-state index in [0.29, 0.717) is 30.8 Å². The first-order chi connectivity index (χ1) is 10.6. The van der Waals surface area contributed by atoms with Crippen LogP contribution >= 0.6 is 0 Å². The van der Waals surface area contributed by atoms with Crippen LogP contribution in [0.1, 0.15) is 27.3 Å². The number of benzene rings is 1. The fourth-order valence-corrected chi connectivity index (χ4v) is 2.03. The lowest BCUT2D eigenvalue weighted by Gasteiger charge is -2.19. The van der Waals surface area contributed by atoms with Crippen LogP contribution in [0.3, 0.4) is 0 Å². The smallest absolute Gasteiger partial charge is 0.293 e. The van der Waals surface area contributed by atoms with Gasteiger partial charge in [0.25, 0.3) is 11.8 Å². The zero-order valence-electron chi connectivity index (χ0n) is 12.4. The molecule has 1 heterocycles. The summed E-state index contributed by atoms with van der Waals surface area (Å²) in [5.74, 6) is -0.323. The lowest BCUT2D eigenvalue weighted by molar-refractivity contribution is 0.0953. The van der Waals surface area contributed by atoms with Gasteiger partial charge in [-0.05, 0) is 37.2 Å².